The van der Waals surface area contributed by atoms with E-state index in [4.69, 9.17) is 4.65 Å². The first kappa shape index (κ1) is 20.2. The Hall–Kier alpha value is -0.875. The van der Waals surface area contributed by atoms with Crippen molar-refractivity contribution in [2.24, 2.45) is 0 Å². The number of rotatable bonds is 9. The number of alkyl halides is 3. The Labute approximate surface area is 137 Å². The number of unbranched alkanes of at least 4 members (excludes halogenated alkanes) is 2. The van der Waals surface area contributed by atoms with Crippen molar-refractivity contribution < 1.29 is 22.2 Å². The number of likely N-dealkylation sites (tertiary alicyclic amines) is 1. The van der Waals surface area contributed by atoms with Gasteiger partial charge in [0.05, 0.1) is 0 Å². The molecule has 0 N–H and O–H groups in total. The molecule has 1 rings (SSSR count). The molecule has 0 aromatic rings. The zero-order valence-electron chi connectivity index (χ0n) is 14.2. The Balaban J connectivity index is 2.92. The van der Waals surface area contributed by atoms with Crippen molar-refractivity contribution in [3.8, 4) is 0 Å². The molecule has 0 bridgehead atoms. The molecule has 1 heterocycles. The molecule has 1 aliphatic rings. The summed E-state index contributed by atoms with van der Waals surface area (Å²) >= 11 is 0. The third-order valence-corrected chi connectivity index (χ3v) is 4.12. The fourth-order valence-electron chi connectivity index (χ4n) is 2.77. The van der Waals surface area contributed by atoms with Crippen LogP contribution < -0.4 is 0 Å². The van der Waals surface area contributed by atoms with Crippen molar-refractivity contribution in [2.45, 2.75) is 77.6 Å². The van der Waals surface area contributed by atoms with E-state index in [9.17, 15) is 17.6 Å². The molecule has 1 aliphatic heterocycles. The van der Waals surface area contributed by atoms with Crippen LogP contribution in [-0.4, -0.2) is 31.1 Å². The minimum Gasteiger partial charge on any atom is -0.547 e. The van der Waals surface area contributed by atoms with Crippen LogP contribution in [0.25, 0.3) is 0 Å². The molecule has 0 unspecified atom stereocenters. The maximum absolute atomic E-state index is 14.0. The van der Waals surface area contributed by atoms with Gasteiger partial charge >= 0.3 is 13.1 Å². The topological polar surface area (TPSA) is 12.5 Å². The van der Waals surface area contributed by atoms with Crippen LogP contribution in [0.1, 0.15) is 58.8 Å². The number of nitrogens with zero attached hydrogens (tertiary/aromatic N) is 1. The van der Waals surface area contributed by atoms with Crippen molar-refractivity contribution in [1.29, 1.82) is 0 Å². The highest BCUT2D eigenvalue weighted by Gasteiger charge is 2.41. The van der Waals surface area contributed by atoms with E-state index in [1.54, 1.807) is 0 Å². The minimum absolute atomic E-state index is 0.347. The molecule has 0 atom stereocenters. The molecule has 0 saturated carbocycles. The second-order valence-electron chi connectivity index (χ2n) is 6.19. The summed E-state index contributed by atoms with van der Waals surface area (Å²) in [6.45, 7) is 4.54. The molecule has 2 nitrogen and oxygen atoms in total. The van der Waals surface area contributed by atoms with Gasteiger partial charge in [0.1, 0.15) is 0 Å². The van der Waals surface area contributed by atoms with Crippen LogP contribution in [0, 0.1) is 0 Å². The van der Waals surface area contributed by atoms with Gasteiger partial charge in [-0.05, 0) is 31.9 Å². The lowest BCUT2D eigenvalue weighted by Crippen LogP contribution is -2.35. The van der Waals surface area contributed by atoms with Crippen LogP contribution in [0.2, 0.25) is 12.6 Å². The van der Waals surface area contributed by atoms with E-state index in [0.29, 0.717) is 25.7 Å². The SMILES string of the molecule is CCCCB(CCCC)O/C(=C(/F)C(F)(F)F)N1CCCCC1. The van der Waals surface area contributed by atoms with Crippen molar-refractivity contribution in [3.63, 3.8) is 0 Å². The minimum atomic E-state index is -4.99. The monoisotopic (exact) mass is 337 g/mol. The molecule has 0 aromatic carbocycles. The van der Waals surface area contributed by atoms with Gasteiger partial charge in [0, 0.05) is 13.1 Å². The van der Waals surface area contributed by atoms with Crippen LogP contribution in [0.4, 0.5) is 17.6 Å². The first-order chi connectivity index (χ1) is 10.9. The van der Waals surface area contributed by atoms with Gasteiger partial charge in [-0.3, -0.25) is 0 Å². The van der Waals surface area contributed by atoms with E-state index in [1.165, 1.54) is 4.90 Å². The average molecular weight is 337 g/mol. The van der Waals surface area contributed by atoms with Gasteiger partial charge in [0.2, 0.25) is 5.88 Å². The Bertz CT molecular complexity index is 360. The number of halogens is 4. The van der Waals surface area contributed by atoms with Crippen molar-refractivity contribution in [3.05, 3.63) is 11.7 Å². The molecule has 0 amide bonds. The summed E-state index contributed by atoms with van der Waals surface area (Å²) < 4.78 is 58.2. The molecule has 0 spiro atoms. The highest BCUT2D eigenvalue weighted by Crippen LogP contribution is 2.33. The normalized spacial score (nSPS) is 17.0. The summed E-state index contributed by atoms with van der Waals surface area (Å²) in [5, 5.41) is 0. The lowest BCUT2D eigenvalue weighted by molar-refractivity contribution is -0.115. The standard InChI is InChI=1S/C16H28BF4NO/c1-3-5-10-17(11-6-4-2)23-15(14(18)16(19,20)21)22-12-8-7-9-13-22/h3-13H2,1-2H3/b15-14+. The molecule has 0 aromatic heterocycles. The third kappa shape index (κ3) is 7.04. The fraction of sp³-hybridized carbons (Fsp3) is 0.875. The molecule has 134 valence electrons. The molecule has 1 fully saturated rings. The number of allylic oxidation sites excluding steroid dienone is 1. The van der Waals surface area contributed by atoms with Crippen LogP contribution in [0.3, 0.4) is 0 Å². The lowest BCUT2D eigenvalue weighted by Gasteiger charge is -2.33. The number of hydrogen-bond acceptors (Lipinski definition) is 2. The van der Waals surface area contributed by atoms with E-state index >= 15 is 0 Å². The van der Waals surface area contributed by atoms with Crippen molar-refractivity contribution in [1.82, 2.24) is 4.90 Å². The molecule has 1 saturated heterocycles. The zero-order valence-corrected chi connectivity index (χ0v) is 14.2. The van der Waals surface area contributed by atoms with E-state index in [-0.39, 0.29) is 6.92 Å². The van der Waals surface area contributed by atoms with Gasteiger partial charge in [-0.25, -0.2) is 0 Å². The van der Waals surface area contributed by atoms with Crippen LogP contribution in [0.5, 0.6) is 0 Å². The Kier molecular flexibility index (Phi) is 8.85. The summed E-state index contributed by atoms with van der Waals surface area (Å²) in [4.78, 5) is 1.43. The first-order valence-corrected chi connectivity index (χ1v) is 8.78. The largest absolute Gasteiger partial charge is 0.547 e. The van der Waals surface area contributed by atoms with Gasteiger partial charge < -0.3 is 9.55 Å². The zero-order chi connectivity index (χ0) is 17.3. The maximum atomic E-state index is 14.0. The molecular weight excluding hydrogens is 309 g/mol. The van der Waals surface area contributed by atoms with Crippen LogP contribution in [0.15, 0.2) is 11.7 Å². The predicted octanol–water partition coefficient (Wildman–Crippen LogP) is 5.78. The fourth-order valence-corrected chi connectivity index (χ4v) is 2.77. The molecule has 7 heteroatoms. The van der Waals surface area contributed by atoms with Crippen molar-refractivity contribution in [2.75, 3.05) is 13.1 Å². The Morgan fingerprint density at radius 1 is 1.00 bits per heavy atom. The number of piperidine rings is 1. The van der Waals surface area contributed by atoms with Gasteiger partial charge in [-0.15, -0.1) is 0 Å². The predicted molar refractivity (Wildman–Crippen MR) is 85.9 cm³/mol. The smallest absolute Gasteiger partial charge is 0.448 e. The van der Waals surface area contributed by atoms with E-state index in [0.717, 1.165) is 44.9 Å². The summed E-state index contributed by atoms with van der Waals surface area (Å²) in [7, 11) is 0. The summed E-state index contributed by atoms with van der Waals surface area (Å²) in [5.41, 5.74) is 0. The van der Waals surface area contributed by atoms with Gasteiger partial charge in [0.25, 0.3) is 5.83 Å². The van der Waals surface area contributed by atoms with Crippen LogP contribution in [-0.2, 0) is 4.65 Å². The molecule has 23 heavy (non-hydrogen) atoms. The summed E-state index contributed by atoms with van der Waals surface area (Å²) in [6.07, 6.45) is 2.47. The Morgan fingerprint density at radius 2 is 1.52 bits per heavy atom. The maximum Gasteiger partial charge on any atom is 0.448 e. The van der Waals surface area contributed by atoms with E-state index in [2.05, 4.69) is 0 Å². The first-order valence-electron chi connectivity index (χ1n) is 8.78. The Morgan fingerprint density at radius 3 is 1.96 bits per heavy atom. The summed E-state index contributed by atoms with van der Waals surface area (Å²) in [6, 6.07) is 0. The number of hydrogen-bond donors (Lipinski definition) is 0. The summed E-state index contributed by atoms with van der Waals surface area (Å²) in [5.74, 6) is -2.67. The van der Waals surface area contributed by atoms with Gasteiger partial charge in [-0.1, -0.05) is 39.5 Å². The van der Waals surface area contributed by atoms with Crippen molar-refractivity contribution >= 4 is 6.92 Å². The van der Waals surface area contributed by atoms with Gasteiger partial charge in [-0.2, -0.15) is 17.6 Å². The highest BCUT2D eigenvalue weighted by atomic mass is 19.4. The molecule has 0 radical (unpaired) electrons. The van der Waals surface area contributed by atoms with Crippen LogP contribution >= 0.6 is 0 Å². The molecular formula is C16H28BF4NO. The van der Waals surface area contributed by atoms with E-state index in [1.807, 2.05) is 13.8 Å². The average Bonchev–Trinajstić information content (AvgIpc) is 2.53. The third-order valence-electron chi connectivity index (χ3n) is 4.12. The second kappa shape index (κ2) is 10.1. The lowest BCUT2D eigenvalue weighted by atomic mass is 9.59. The second-order valence-corrected chi connectivity index (χ2v) is 6.19. The molecule has 0 aliphatic carbocycles. The highest BCUT2D eigenvalue weighted by molar-refractivity contribution is 6.52. The van der Waals surface area contributed by atoms with Gasteiger partial charge in [0.15, 0.2) is 0 Å². The quantitative estimate of drug-likeness (QED) is 0.300. The van der Waals surface area contributed by atoms with E-state index < -0.39 is 17.9 Å².